The minimum atomic E-state index is -0.168. The number of piperidine rings is 1. The lowest BCUT2D eigenvalue weighted by Crippen LogP contribution is -2.51. The van der Waals surface area contributed by atoms with Crippen LogP contribution < -0.4 is 24.8 Å². The smallest absolute Gasteiger partial charge is 0.255 e. The Morgan fingerprint density at radius 3 is 2.30 bits per heavy atom. The fraction of sp³-hybridized carbons (Fsp3) is 0.562. The van der Waals surface area contributed by atoms with E-state index in [1.165, 1.54) is 7.11 Å². The summed E-state index contributed by atoms with van der Waals surface area (Å²) in [6.07, 6.45) is 2.02. The van der Waals surface area contributed by atoms with E-state index in [-0.39, 0.29) is 30.4 Å². The lowest BCUT2D eigenvalue weighted by Gasteiger charge is -2.30. The number of hydrogen-bond donors (Lipinski definition) is 2. The summed E-state index contributed by atoms with van der Waals surface area (Å²) < 4.78 is 15.8. The molecule has 1 aliphatic heterocycles. The van der Waals surface area contributed by atoms with Gasteiger partial charge in [-0.2, -0.15) is 0 Å². The van der Waals surface area contributed by atoms with Crippen LogP contribution in [0.3, 0.4) is 0 Å². The van der Waals surface area contributed by atoms with Crippen LogP contribution in [0.1, 0.15) is 30.1 Å². The van der Waals surface area contributed by atoms with E-state index < -0.39 is 0 Å². The van der Waals surface area contributed by atoms with Crippen molar-refractivity contribution in [2.45, 2.75) is 31.8 Å². The molecular formula is C16H25ClN2O4. The Balaban J connectivity index is 0.00000264. The zero-order valence-electron chi connectivity index (χ0n) is 14.0. The summed E-state index contributed by atoms with van der Waals surface area (Å²) in [5, 5.41) is 6.44. The maximum absolute atomic E-state index is 12.6. The van der Waals surface area contributed by atoms with Gasteiger partial charge in [0.25, 0.3) is 5.91 Å². The molecule has 0 spiro atoms. The molecule has 6 nitrogen and oxygen atoms in total. The van der Waals surface area contributed by atoms with Gasteiger partial charge in [0.1, 0.15) is 5.75 Å². The van der Waals surface area contributed by atoms with Crippen LogP contribution in [-0.2, 0) is 0 Å². The van der Waals surface area contributed by atoms with E-state index in [4.69, 9.17) is 14.2 Å². The number of rotatable bonds is 5. The molecule has 130 valence electrons. The maximum atomic E-state index is 12.6. The highest BCUT2D eigenvalue weighted by atomic mass is 35.5. The Hall–Kier alpha value is -1.66. The molecule has 0 aromatic heterocycles. The molecule has 1 aliphatic rings. The highest BCUT2D eigenvalue weighted by Crippen LogP contribution is 2.34. The largest absolute Gasteiger partial charge is 0.496 e. The summed E-state index contributed by atoms with van der Waals surface area (Å²) >= 11 is 0. The van der Waals surface area contributed by atoms with Crippen LogP contribution >= 0.6 is 12.4 Å². The third-order valence-electron chi connectivity index (χ3n) is 4.03. The standard InChI is InChI=1S/C16H24N2O4.ClH/c1-10-12(6-5-7-17-10)18-16(19)11-8-14(21-3)15(22-4)9-13(11)20-2;/h8-10,12,17H,5-7H2,1-4H3,(H,18,19);1H. The van der Waals surface area contributed by atoms with E-state index in [9.17, 15) is 4.79 Å². The van der Waals surface area contributed by atoms with Gasteiger partial charge in [0, 0.05) is 24.2 Å². The normalized spacial score (nSPS) is 20.2. The summed E-state index contributed by atoms with van der Waals surface area (Å²) in [6.45, 7) is 3.07. The zero-order chi connectivity index (χ0) is 16.1. The number of nitrogens with one attached hydrogen (secondary N) is 2. The fourth-order valence-corrected chi connectivity index (χ4v) is 2.69. The molecule has 0 radical (unpaired) electrons. The fourth-order valence-electron chi connectivity index (χ4n) is 2.69. The maximum Gasteiger partial charge on any atom is 0.255 e. The Kier molecular flexibility index (Phi) is 7.45. The Morgan fingerprint density at radius 1 is 1.13 bits per heavy atom. The minimum Gasteiger partial charge on any atom is -0.496 e. The lowest BCUT2D eigenvalue weighted by molar-refractivity contribution is 0.0916. The highest BCUT2D eigenvalue weighted by molar-refractivity contribution is 5.98. The summed E-state index contributed by atoms with van der Waals surface area (Å²) in [7, 11) is 4.62. The van der Waals surface area contributed by atoms with Gasteiger partial charge >= 0.3 is 0 Å². The van der Waals surface area contributed by atoms with E-state index in [2.05, 4.69) is 17.6 Å². The van der Waals surface area contributed by atoms with Gasteiger partial charge in [-0.1, -0.05) is 0 Å². The summed E-state index contributed by atoms with van der Waals surface area (Å²) in [4.78, 5) is 12.6. The number of carbonyl (C=O) groups is 1. The van der Waals surface area contributed by atoms with Gasteiger partial charge in [0.05, 0.1) is 26.9 Å². The monoisotopic (exact) mass is 344 g/mol. The Labute approximate surface area is 143 Å². The predicted molar refractivity (Wildman–Crippen MR) is 91.3 cm³/mol. The molecule has 2 rings (SSSR count). The topological polar surface area (TPSA) is 68.8 Å². The van der Waals surface area contributed by atoms with Crippen molar-refractivity contribution in [1.29, 1.82) is 0 Å². The number of carbonyl (C=O) groups excluding carboxylic acids is 1. The van der Waals surface area contributed by atoms with Crippen molar-refractivity contribution in [2.75, 3.05) is 27.9 Å². The van der Waals surface area contributed by atoms with Crippen molar-refractivity contribution in [3.8, 4) is 17.2 Å². The van der Waals surface area contributed by atoms with Crippen LogP contribution in [-0.4, -0.2) is 45.9 Å². The second kappa shape index (κ2) is 8.84. The molecule has 1 amide bonds. The van der Waals surface area contributed by atoms with Crippen molar-refractivity contribution in [1.82, 2.24) is 10.6 Å². The number of methoxy groups -OCH3 is 3. The van der Waals surface area contributed by atoms with E-state index in [1.54, 1.807) is 26.4 Å². The molecule has 1 aromatic rings. The van der Waals surface area contributed by atoms with Crippen LogP contribution in [0, 0.1) is 0 Å². The van der Waals surface area contributed by atoms with Crippen LogP contribution in [0.25, 0.3) is 0 Å². The van der Waals surface area contributed by atoms with Gasteiger partial charge < -0.3 is 24.8 Å². The van der Waals surface area contributed by atoms with Gasteiger partial charge in [-0.05, 0) is 26.3 Å². The van der Waals surface area contributed by atoms with Crippen molar-refractivity contribution < 1.29 is 19.0 Å². The minimum absolute atomic E-state index is 0. The van der Waals surface area contributed by atoms with Crippen LogP contribution in [0.4, 0.5) is 0 Å². The first-order valence-electron chi connectivity index (χ1n) is 7.45. The third kappa shape index (κ3) is 4.42. The highest BCUT2D eigenvalue weighted by Gasteiger charge is 2.25. The first-order valence-corrected chi connectivity index (χ1v) is 7.45. The van der Waals surface area contributed by atoms with Gasteiger partial charge in [-0.15, -0.1) is 12.4 Å². The van der Waals surface area contributed by atoms with E-state index in [1.807, 2.05) is 0 Å². The van der Waals surface area contributed by atoms with Gasteiger partial charge in [0.15, 0.2) is 11.5 Å². The molecule has 2 N–H and O–H groups in total. The quantitative estimate of drug-likeness (QED) is 0.855. The Bertz CT molecular complexity index is 539. The first kappa shape index (κ1) is 19.4. The number of hydrogen-bond acceptors (Lipinski definition) is 5. The zero-order valence-corrected chi connectivity index (χ0v) is 14.8. The first-order chi connectivity index (χ1) is 10.6. The van der Waals surface area contributed by atoms with Crippen molar-refractivity contribution in [2.24, 2.45) is 0 Å². The molecule has 2 atom stereocenters. The molecule has 1 saturated heterocycles. The molecule has 23 heavy (non-hydrogen) atoms. The SMILES string of the molecule is COc1cc(OC)c(C(=O)NC2CCCNC2C)cc1OC.Cl. The molecule has 0 bridgehead atoms. The average Bonchev–Trinajstić information content (AvgIpc) is 2.55. The predicted octanol–water partition coefficient (Wildman–Crippen LogP) is 2.00. The second-order valence-electron chi connectivity index (χ2n) is 5.37. The summed E-state index contributed by atoms with van der Waals surface area (Å²) in [6, 6.07) is 3.67. The van der Waals surface area contributed by atoms with Gasteiger partial charge in [0.2, 0.25) is 0 Å². The van der Waals surface area contributed by atoms with Crippen LogP contribution in [0.5, 0.6) is 17.2 Å². The Morgan fingerprint density at radius 2 is 1.74 bits per heavy atom. The number of halogens is 1. The summed E-state index contributed by atoms with van der Waals surface area (Å²) in [5.41, 5.74) is 0.443. The van der Waals surface area contributed by atoms with E-state index in [0.29, 0.717) is 22.8 Å². The summed E-state index contributed by atoms with van der Waals surface area (Å²) in [5.74, 6) is 1.33. The molecule has 1 aromatic carbocycles. The number of ether oxygens (including phenoxy) is 3. The van der Waals surface area contributed by atoms with Crippen molar-refractivity contribution >= 4 is 18.3 Å². The van der Waals surface area contributed by atoms with Crippen LogP contribution in [0.15, 0.2) is 12.1 Å². The van der Waals surface area contributed by atoms with E-state index >= 15 is 0 Å². The molecule has 0 saturated carbocycles. The van der Waals surface area contributed by atoms with Crippen LogP contribution in [0.2, 0.25) is 0 Å². The molecule has 0 aliphatic carbocycles. The van der Waals surface area contributed by atoms with Gasteiger partial charge in [-0.3, -0.25) is 4.79 Å². The second-order valence-corrected chi connectivity index (χ2v) is 5.37. The molecule has 7 heteroatoms. The molecule has 1 heterocycles. The number of benzene rings is 1. The number of amides is 1. The van der Waals surface area contributed by atoms with Gasteiger partial charge in [-0.25, -0.2) is 0 Å². The van der Waals surface area contributed by atoms with Crippen molar-refractivity contribution in [3.63, 3.8) is 0 Å². The molecular weight excluding hydrogens is 320 g/mol. The molecule has 1 fully saturated rings. The lowest BCUT2D eigenvalue weighted by atomic mass is 9.99. The third-order valence-corrected chi connectivity index (χ3v) is 4.03. The molecule has 2 unspecified atom stereocenters. The van der Waals surface area contributed by atoms with E-state index in [0.717, 1.165) is 19.4 Å². The average molecular weight is 345 g/mol. The van der Waals surface area contributed by atoms with Crippen molar-refractivity contribution in [3.05, 3.63) is 17.7 Å².